The van der Waals surface area contributed by atoms with Crippen molar-refractivity contribution in [1.82, 2.24) is 15.1 Å². The zero-order chi connectivity index (χ0) is 23.9. The van der Waals surface area contributed by atoms with Gasteiger partial charge in [0.05, 0.1) is 11.9 Å². The molecule has 3 fully saturated rings. The Morgan fingerprint density at radius 3 is 2.58 bits per heavy atom. The summed E-state index contributed by atoms with van der Waals surface area (Å²) >= 11 is 3.37. The molecular weight excluding hydrogens is 488 g/mol. The molecule has 5 rings (SSSR count). The topological polar surface area (TPSA) is 113 Å². The van der Waals surface area contributed by atoms with Crippen LogP contribution < -0.4 is 16.2 Å². The maximum absolute atomic E-state index is 12.8. The predicted molar refractivity (Wildman–Crippen MR) is 128 cm³/mol. The van der Waals surface area contributed by atoms with Crippen molar-refractivity contribution in [3.8, 4) is 0 Å². The van der Waals surface area contributed by atoms with E-state index in [0.29, 0.717) is 38.9 Å². The smallest absolute Gasteiger partial charge is 0.330 e. The van der Waals surface area contributed by atoms with Crippen molar-refractivity contribution in [2.45, 2.75) is 52.2 Å². The van der Waals surface area contributed by atoms with Crippen LogP contribution >= 0.6 is 15.9 Å². The Labute approximate surface area is 200 Å². The number of halogens is 1. The van der Waals surface area contributed by atoms with Crippen LogP contribution in [0.5, 0.6) is 0 Å². The number of carbonyl (C=O) groups excluding carboxylic acids is 1. The first-order valence-corrected chi connectivity index (χ1v) is 12.0. The van der Waals surface area contributed by atoms with Gasteiger partial charge < -0.3 is 15.7 Å². The zero-order valence-corrected chi connectivity index (χ0v) is 20.5. The third-order valence-corrected chi connectivity index (χ3v) is 8.42. The highest BCUT2D eigenvalue weighted by atomic mass is 79.9. The zero-order valence-electron chi connectivity index (χ0n) is 18.9. The van der Waals surface area contributed by atoms with Crippen molar-refractivity contribution in [3.05, 3.63) is 56.9 Å². The van der Waals surface area contributed by atoms with Gasteiger partial charge in [0.25, 0.3) is 5.56 Å². The number of carboxylic acids is 1. The molecule has 33 heavy (non-hydrogen) atoms. The summed E-state index contributed by atoms with van der Waals surface area (Å²) in [7, 11) is 0. The molecule has 2 aromatic rings. The van der Waals surface area contributed by atoms with Crippen molar-refractivity contribution in [2.24, 2.45) is 23.2 Å². The molecule has 3 N–H and O–H groups in total. The van der Waals surface area contributed by atoms with E-state index in [-0.39, 0.29) is 12.6 Å². The van der Waals surface area contributed by atoms with Gasteiger partial charge in [0.1, 0.15) is 11.0 Å². The van der Waals surface area contributed by atoms with E-state index in [1.807, 2.05) is 0 Å². The van der Waals surface area contributed by atoms with E-state index in [2.05, 4.69) is 52.4 Å². The summed E-state index contributed by atoms with van der Waals surface area (Å²) in [6, 6.07) is 7.46. The number of amides is 1. The maximum atomic E-state index is 12.8. The molecule has 9 heteroatoms. The quantitative estimate of drug-likeness (QED) is 0.519. The fourth-order valence-electron chi connectivity index (χ4n) is 5.49. The first kappa shape index (κ1) is 23.5. The van der Waals surface area contributed by atoms with E-state index >= 15 is 0 Å². The predicted octanol–water partition coefficient (Wildman–Crippen LogP) is 3.43. The molecule has 2 bridgehead atoms. The number of nitrogens with zero attached hydrogens (tertiary/aromatic N) is 2. The molecule has 1 amide bonds. The van der Waals surface area contributed by atoms with Crippen LogP contribution in [0.2, 0.25) is 0 Å². The molecule has 3 aliphatic carbocycles. The molecule has 0 spiro atoms. The summed E-state index contributed by atoms with van der Waals surface area (Å²) in [6.45, 7) is 6.56. The first-order chi connectivity index (χ1) is 15.6. The lowest BCUT2D eigenvalue weighted by Crippen LogP contribution is -2.58. The van der Waals surface area contributed by atoms with Crippen LogP contribution in [0.15, 0.2) is 45.8 Å². The van der Waals surface area contributed by atoms with Gasteiger partial charge in [0.2, 0.25) is 5.91 Å². The fraction of sp³-hybridized carbons (Fsp3) is 0.500. The summed E-state index contributed by atoms with van der Waals surface area (Å²) in [5.41, 5.74) is 0.982. The van der Waals surface area contributed by atoms with Crippen molar-refractivity contribution in [3.63, 3.8) is 0 Å². The van der Waals surface area contributed by atoms with Crippen molar-refractivity contribution < 1.29 is 14.7 Å². The van der Waals surface area contributed by atoms with Gasteiger partial charge >= 0.3 is 5.97 Å². The van der Waals surface area contributed by atoms with E-state index in [0.717, 1.165) is 11.1 Å². The number of hydrogen-bond donors (Lipinski definition) is 3. The lowest BCUT2D eigenvalue weighted by molar-refractivity contribution is -0.142. The summed E-state index contributed by atoms with van der Waals surface area (Å²) in [5, 5.41) is 19.6. The molecule has 176 valence electrons. The number of aromatic nitrogens is 2. The van der Waals surface area contributed by atoms with Crippen molar-refractivity contribution >= 4 is 33.5 Å². The van der Waals surface area contributed by atoms with Gasteiger partial charge in [0, 0.05) is 6.04 Å². The molecule has 3 aliphatic rings. The SMILES string of the molecule is C[C@H]1[C@H]2C[C@H](C[C@H]1Nc1cnn(CC(=O)NC(C(=O)O)c3ccccc3)c(=O)c1Br)C2(C)C. The second kappa shape index (κ2) is 8.93. The number of aliphatic carboxylic acids is 1. The van der Waals surface area contributed by atoms with Crippen LogP contribution in [0, 0.1) is 23.2 Å². The third-order valence-electron chi connectivity index (χ3n) is 7.66. The van der Waals surface area contributed by atoms with Crippen LogP contribution in [0.1, 0.15) is 45.2 Å². The van der Waals surface area contributed by atoms with Crippen molar-refractivity contribution in [2.75, 3.05) is 5.32 Å². The molecule has 0 radical (unpaired) electrons. The number of fused-ring (bicyclic) bond motifs is 2. The molecule has 1 unspecified atom stereocenters. The van der Waals surface area contributed by atoms with Crippen LogP contribution in [0.3, 0.4) is 0 Å². The van der Waals surface area contributed by atoms with Gasteiger partial charge in [-0.2, -0.15) is 5.10 Å². The van der Waals surface area contributed by atoms with Gasteiger partial charge in [0.15, 0.2) is 6.04 Å². The molecule has 5 atom stereocenters. The number of carboxylic acid groups (broad SMARTS) is 1. The summed E-state index contributed by atoms with van der Waals surface area (Å²) in [4.78, 5) is 37.0. The fourth-order valence-corrected chi connectivity index (χ4v) is 5.92. The highest BCUT2D eigenvalue weighted by Crippen LogP contribution is 2.61. The van der Waals surface area contributed by atoms with Crippen LogP contribution in [0.4, 0.5) is 5.69 Å². The lowest BCUT2D eigenvalue weighted by atomic mass is 9.45. The van der Waals surface area contributed by atoms with Crippen LogP contribution in [-0.2, 0) is 16.1 Å². The van der Waals surface area contributed by atoms with Crippen LogP contribution in [-0.4, -0.2) is 32.8 Å². The monoisotopic (exact) mass is 516 g/mol. The minimum Gasteiger partial charge on any atom is -0.479 e. The van der Waals surface area contributed by atoms with Gasteiger partial charge in [-0.25, -0.2) is 9.48 Å². The Bertz CT molecular complexity index is 1120. The van der Waals surface area contributed by atoms with Gasteiger partial charge in [-0.1, -0.05) is 51.1 Å². The lowest BCUT2D eigenvalue weighted by Gasteiger charge is -2.62. The van der Waals surface area contributed by atoms with E-state index in [1.165, 1.54) is 6.42 Å². The molecule has 0 saturated heterocycles. The number of nitrogens with one attached hydrogen (secondary N) is 2. The average Bonchev–Trinajstić information content (AvgIpc) is 2.78. The largest absolute Gasteiger partial charge is 0.479 e. The number of hydrogen-bond acceptors (Lipinski definition) is 5. The van der Waals surface area contributed by atoms with E-state index < -0.39 is 23.5 Å². The molecule has 1 heterocycles. The van der Waals surface area contributed by atoms with E-state index in [9.17, 15) is 19.5 Å². The van der Waals surface area contributed by atoms with Gasteiger partial charge in [-0.05, 0) is 57.5 Å². The molecule has 3 saturated carbocycles. The third kappa shape index (κ3) is 4.43. The highest BCUT2D eigenvalue weighted by Gasteiger charge is 2.56. The second-order valence-corrected chi connectivity index (χ2v) is 10.6. The second-order valence-electron chi connectivity index (χ2n) is 9.79. The van der Waals surface area contributed by atoms with Gasteiger partial charge in [-0.3, -0.25) is 9.59 Å². The van der Waals surface area contributed by atoms with E-state index in [4.69, 9.17) is 0 Å². The molecule has 1 aromatic carbocycles. The summed E-state index contributed by atoms with van der Waals surface area (Å²) in [6.07, 6.45) is 3.87. The minimum atomic E-state index is -1.21. The Balaban J connectivity index is 1.44. The number of anilines is 1. The summed E-state index contributed by atoms with van der Waals surface area (Å²) in [5.74, 6) is 0.0290. The molecule has 0 aliphatic heterocycles. The Hall–Kier alpha value is -2.68. The molecule has 1 aromatic heterocycles. The Kier molecular flexibility index (Phi) is 6.35. The summed E-state index contributed by atoms with van der Waals surface area (Å²) < 4.78 is 1.34. The Morgan fingerprint density at radius 2 is 1.97 bits per heavy atom. The number of rotatable bonds is 7. The average molecular weight is 517 g/mol. The normalized spacial score (nSPS) is 26.1. The number of carbonyl (C=O) groups is 2. The standard InChI is InChI=1S/C24H29BrN4O4/c1-13-16-9-15(24(16,2)3)10-17(13)27-18-11-26-29(22(31)20(18)25)12-19(30)28-21(23(32)33)14-7-5-4-6-8-14/h4-8,11,13,15-17,21,27H,9-10,12H2,1-3H3,(H,28,30)(H,32,33)/t13-,15+,16+,17+,21?/m0/s1. The highest BCUT2D eigenvalue weighted by molar-refractivity contribution is 9.10. The van der Waals surface area contributed by atoms with E-state index in [1.54, 1.807) is 36.5 Å². The molecule has 8 nitrogen and oxygen atoms in total. The van der Waals surface area contributed by atoms with Gasteiger partial charge in [-0.15, -0.1) is 0 Å². The molecular formula is C24H29BrN4O4. The first-order valence-electron chi connectivity index (χ1n) is 11.2. The Morgan fingerprint density at radius 1 is 1.27 bits per heavy atom. The maximum Gasteiger partial charge on any atom is 0.330 e. The van der Waals surface area contributed by atoms with Crippen LogP contribution in [0.25, 0.3) is 0 Å². The minimum absolute atomic E-state index is 0.264. The van der Waals surface area contributed by atoms with Crippen molar-refractivity contribution in [1.29, 1.82) is 0 Å². The number of benzene rings is 1.